The highest BCUT2D eigenvalue weighted by Gasteiger charge is 2.37. The van der Waals surface area contributed by atoms with E-state index < -0.39 is 52.2 Å². The van der Waals surface area contributed by atoms with Crippen molar-refractivity contribution in [2.45, 2.75) is 38.0 Å². The highest BCUT2D eigenvalue weighted by Crippen LogP contribution is 2.37. The average Bonchev–Trinajstić information content (AvgIpc) is 2.78. The van der Waals surface area contributed by atoms with Crippen molar-refractivity contribution < 1.29 is 31.2 Å². The van der Waals surface area contributed by atoms with E-state index >= 15 is 0 Å². The van der Waals surface area contributed by atoms with Crippen LogP contribution in [0.5, 0.6) is 0 Å². The summed E-state index contributed by atoms with van der Waals surface area (Å²) in [5, 5.41) is 4.74. The third-order valence-corrected chi connectivity index (χ3v) is 7.01. The molecule has 1 heterocycles. The summed E-state index contributed by atoms with van der Waals surface area (Å²) in [5.74, 6) is 1.08. The van der Waals surface area contributed by atoms with Crippen molar-refractivity contribution in [1.29, 1.82) is 0 Å². The number of sulfonamides is 1. The van der Waals surface area contributed by atoms with E-state index in [-0.39, 0.29) is 18.7 Å². The molecule has 1 aromatic carbocycles. The number of carbonyl (C=O) groups excluding carboxylic acids is 2. The van der Waals surface area contributed by atoms with Crippen LogP contribution in [-0.4, -0.2) is 74.5 Å². The molecule has 2 amide bonds. The summed E-state index contributed by atoms with van der Waals surface area (Å²) in [4.78, 5) is 25.7. The van der Waals surface area contributed by atoms with Gasteiger partial charge in [-0.2, -0.15) is 17.5 Å². The average molecular weight is 503 g/mol. The van der Waals surface area contributed by atoms with Crippen molar-refractivity contribution in [3.63, 3.8) is 0 Å². The van der Waals surface area contributed by atoms with Gasteiger partial charge in [0.05, 0.1) is 31.5 Å². The molecule has 0 saturated carbocycles. The fourth-order valence-electron chi connectivity index (χ4n) is 3.98. The Kier molecular flexibility index (Phi) is 9.49. The second-order valence-electron chi connectivity index (χ2n) is 8.09. The van der Waals surface area contributed by atoms with Gasteiger partial charge in [-0.15, -0.1) is 6.42 Å². The van der Waals surface area contributed by atoms with Crippen molar-refractivity contribution in [2.24, 2.45) is 0 Å². The molecule has 8 nitrogen and oxygen atoms in total. The van der Waals surface area contributed by atoms with Gasteiger partial charge in [0.2, 0.25) is 21.8 Å². The van der Waals surface area contributed by atoms with Crippen LogP contribution < -0.4 is 10.6 Å². The van der Waals surface area contributed by atoms with E-state index in [4.69, 9.17) is 6.42 Å². The van der Waals surface area contributed by atoms with E-state index in [1.807, 2.05) is 4.90 Å². The molecule has 12 heteroatoms. The molecule has 0 aromatic heterocycles. The van der Waals surface area contributed by atoms with Gasteiger partial charge in [-0.1, -0.05) is 24.1 Å². The summed E-state index contributed by atoms with van der Waals surface area (Å²) >= 11 is 0. The zero-order valence-electron chi connectivity index (χ0n) is 19.1. The van der Waals surface area contributed by atoms with Gasteiger partial charge < -0.3 is 10.6 Å². The maximum Gasteiger partial charge on any atom is 0.416 e. The zero-order valence-corrected chi connectivity index (χ0v) is 19.9. The molecule has 1 aliphatic rings. The molecule has 1 aliphatic heterocycles. The Hall–Kier alpha value is -2.62. The lowest BCUT2D eigenvalue weighted by Gasteiger charge is -2.40. The Bertz CT molecular complexity index is 1020. The van der Waals surface area contributed by atoms with Crippen LogP contribution in [0.3, 0.4) is 0 Å². The molecule has 0 bridgehead atoms. The molecule has 1 saturated heterocycles. The molecule has 188 valence electrons. The third kappa shape index (κ3) is 7.72. The van der Waals surface area contributed by atoms with Crippen molar-refractivity contribution >= 4 is 21.8 Å². The summed E-state index contributed by atoms with van der Waals surface area (Å²) in [6, 6.07) is 4.40. The van der Waals surface area contributed by atoms with E-state index in [1.165, 1.54) is 12.1 Å². The minimum atomic E-state index is -4.47. The van der Waals surface area contributed by atoms with Gasteiger partial charge >= 0.3 is 6.18 Å². The van der Waals surface area contributed by atoms with Crippen LogP contribution in [0.1, 0.15) is 36.9 Å². The summed E-state index contributed by atoms with van der Waals surface area (Å²) in [5.41, 5.74) is -0.527. The maximum atomic E-state index is 13.4. The van der Waals surface area contributed by atoms with Crippen LogP contribution in [0, 0.1) is 12.3 Å². The predicted molar refractivity (Wildman–Crippen MR) is 121 cm³/mol. The van der Waals surface area contributed by atoms with Gasteiger partial charge in [-0.05, 0) is 31.4 Å². The molecule has 2 N–H and O–H groups in total. The number of halogens is 3. The number of amides is 2. The first-order valence-electron chi connectivity index (χ1n) is 10.7. The fraction of sp³-hybridized carbons (Fsp3) is 0.545. The number of piperidine rings is 1. The van der Waals surface area contributed by atoms with Gasteiger partial charge in [-0.3, -0.25) is 14.5 Å². The van der Waals surface area contributed by atoms with E-state index in [0.717, 1.165) is 16.6 Å². The monoisotopic (exact) mass is 502 g/mol. The molecule has 1 atom stereocenters. The van der Waals surface area contributed by atoms with Crippen molar-refractivity contribution in [1.82, 2.24) is 19.8 Å². The fourth-order valence-corrected chi connectivity index (χ4v) is 5.09. The highest BCUT2D eigenvalue weighted by molar-refractivity contribution is 7.88. The van der Waals surface area contributed by atoms with Crippen molar-refractivity contribution in [2.75, 3.05) is 39.0 Å². The lowest BCUT2D eigenvalue weighted by molar-refractivity contribution is -0.138. The molecule has 2 rings (SSSR count). The van der Waals surface area contributed by atoms with Crippen molar-refractivity contribution in [3.8, 4) is 12.3 Å². The van der Waals surface area contributed by atoms with E-state index in [0.29, 0.717) is 25.9 Å². The molecule has 34 heavy (non-hydrogen) atoms. The van der Waals surface area contributed by atoms with Crippen molar-refractivity contribution in [3.05, 3.63) is 35.4 Å². The number of nitrogens with one attached hydrogen (secondary N) is 2. The number of hydrogen-bond donors (Lipinski definition) is 2. The van der Waals surface area contributed by atoms with Gasteiger partial charge in [-0.25, -0.2) is 8.42 Å². The smallest absolute Gasteiger partial charge is 0.346 e. The van der Waals surface area contributed by atoms with Crippen LogP contribution >= 0.6 is 0 Å². The van der Waals surface area contributed by atoms with Gasteiger partial charge in [0.15, 0.2) is 0 Å². The van der Waals surface area contributed by atoms with E-state index in [1.54, 1.807) is 13.0 Å². The maximum absolute atomic E-state index is 13.4. The number of likely N-dealkylation sites (tertiary alicyclic amines) is 1. The second kappa shape index (κ2) is 11.7. The molecule has 1 aromatic rings. The van der Waals surface area contributed by atoms with Crippen LogP contribution in [0.25, 0.3) is 0 Å². The minimum Gasteiger partial charge on any atom is -0.346 e. The minimum absolute atomic E-state index is 0.00854. The Labute approximate surface area is 197 Å². The molecule has 0 spiro atoms. The third-order valence-electron chi connectivity index (χ3n) is 5.73. The Balaban J connectivity index is 2.01. The molecular formula is C22H29F3N4O4S. The number of carbonyl (C=O) groups is 2. The topological polar surface area (TPSA) is 98.8 Å². The second-order valence-corrected chi connectivity index (χ2v) is 10.0. The summed E-state index contributed by atoms with van der Waals surface area (Å²) in [6.07, 6.45) is 2.26. The summed E-state index contributed by atoms with van der Waals surface area (Å²) in [6.45, 7) is 1.62. The molecule has 0 aliphatic carbocycles. The lowest BCUT2D eigenvalue weighted by Crippen LogP contribution is -2.51. The van der Waals surface area contributed by atoms with Gasteiger partial charge in [0.1, 0.15) is 0 Å². The first-order valence-corrected chi connectivity index (χ1v) is 12.5. The SMILES string of the molecule is C#CCNC(=O)CNC(=O)CN(C1CCN(C(C)c2ccccc2C(F)(F)F)CC1)S(C)(=O)=O. The highest BCUT2D eigenvalue weighted by atomic mass is 32.2. The normalized spacial score (nSPS) is 16.6. The molecular weight excluding hydrogens is 473 g/mol. The quantitative estimate of drug-likeness (QED) is 0.497. The largest absolute Gasteiger partial charge is 0.416 e. The van der Waals surface area contributed by atoms with Gasteiger partial charge in [0, 0.05) is 25.2 Å². The lowest BCUT2D eigenvalue weighted by atomic mass is 9.96. The number of terminal acetylenes is 1. The molecule has 0 radical (unpaired) electrons. The Morgan fingerprint density at radius 3 is 2.38 bits per heavy atom. The number of hydrogen-bond acceptors (Lipinski definition) is 5. The van der Waals surface area contributed by atoms with Crippen LogP contribution in [-0.2, 0) is 25.8 Å². The van der Waals surface area contributed by atoms with Gasteiger partial charge in [0.25, 0.3) is 0 Å². The first-order chi connectivity index (χ1) is 15.8. The molecule has 1 fully saturated rings. The number of alkyl halides is 3. The van der Waals surface area contributed by atoms with Crippen LogP contribution in [0.15, 0.2) is 24.3 Å². The first kappa shape index (κ1) is 27.6. The molecule has 1 unspecified atom stereocenters. The van der Waals surface area contributed by atoms with Crippen LogP contribution in [0.4, 0.5) is 13.2 Å². The Morgan fingerprint density at radius 1 is 1.21 bits per heavy atom. The number of benzene rings is 1. The number of rotatable bonds is 9. The predicted octanol–water partition coefficient (Wildman–Crippen LogP) is 1.36. The Morgan fingerprint density at radius 2 is 1.82 bits per heavy atom. The van der Waals surface area contributed by atoms with E-state index in [2.05, 4.69) is 16.6 Å². The van der Waals surface area contributed by atoms with E-state index in [9.17, 15) is 31.2 Å². The summed E-state index contributed by atoms with van der Waals surface area (Å²) in [7, 11) is -3.75. The summed E-state index contributed by atoms with van der Waals surface area (Å²) < 4.78 is 66.0. The standard InChI is InChI=1S/C22H29F3N4O4S/c1-4-11-26-20(30)14-27-21(31)15-29(34(3,32)33)17-9-12-28(13-10-17)16(2)18-7-5-6-8-19(18)22(23,24)25/h1,5-8,16-17H,9-15H2,2-3H3,(H,26,30)(H,27,31). The zero-order chi connectivity index (χ0) is 25.5. The van der Waals surface area contributed by atoms with Crippen LogP contribution in [0.2, 0.25) is 0 Å². The number of nitrogens with zero attached hydrogens (tertiary/aromatic N) is 2.